The van der Waals surface area contributed by atoms with Gasteiger partial charge in [0.1, 0.15) is 5.75 Å². The number of hydrogen-bond donors (Lipinski definition) is 1. The van der Waals surface area contributed by atoms with Gasteiger partial charge in [-0.05, 0) is 41.0 Å². The fourth-order valence-corrected chi connectivity index (χ4v) is 4.45. The van der Waals surface area contributed by atoms with Crippen LogP contribution in [0.3, 0.4) is 0 Å². The van der Waals surface area contributed by atoms with E-state index in [0.717, 1.165) is 11.1 Å². The van der Waals surface area contributed by atoms with Crippen LogP contribution in [0.5, 0.6) is 0 Å². The number of hydrogen-bond acceptors (Lipinski definition) is 4. The largest absolute Gasteiger partial charge is 0.344 e. The van der Waals surface area contributed by atoms with Crippen molar-refractivity contribution in [2.75, 3.05) is 5.75 Å². The van der Waals surface area contributed by atoms with Crippen LogP contribution < -0.4 is 5.32 Å². The summed E-state index contributed by atoms with van der Waals surface area (Å²) >= 11 is 5.97. The molecule has 0 aliphatic heterocycles. The molecule has 0 spiro atoms. The van der Waals surface area contributed by atoms with E-state index in [-0.39, 0.29) is 5.75 Å². The van der Waals surface area contributed by atoms with Gasteiger partial charge in [-0.25, -0.2) is 8.42 Å². The van der Waals surface area contributed by atoms with E-state index in [1.165, 1.54) is 0 Å². The first-order chi connectivity index (χ1) is 14.4. The first kappa shape index (κ1) is 21.6. The summed E-state index contributed by atoms with van der Waals surface area (Å²) < 4.78 is 25.0. The Morgan fingerprint density at radius 2 is 1.53 bits per heavy atom. The monoisotopic (exact) mass is 438 g/mol. The molecule has 0 fully saturated rings. The Hall–Kier alpha value is -3.14. The molecular weight excluding hydrogens is 420 g/mol. The Morgan fingerprint density at radius 3 is 2.13 bits per heavy atom. The highest BCUT2D eigenvalue weighted by Gasteiger charge is 2.22. The van der Waals surface area contributed by atoms with E-state index in [0.29, 0.717) is 16.1 Å². The third-order valence-corrected chi connectivity index (χ3v) is 6.19. The van der Waals surface area contributed by atoms with Gasteiger partial charge in [0, 0.05) is 5.02 Å². The van der Waals surface area contributed by atoms with Gasteiger partial charge >= 0.3 is 0 Å². The molecule has 0 aliphatic carbocycles. The van der Waals surface area contributed by atoms with E-state index in [9.17, 15) is 13.2 Å². The number of carbonyl (C=O) groups excluding carboxylic acids is 1. The van der Waals surface area contributed by atoms with Gasteiger partial charge in [-0.2, -0.15) is 5.26 Å². The lowest BCUT2D eigenvalue weighted by atomic mass is 9.99. The zero-order valence-electron chi connectivity index (χ0n) is 16.0. The number of carbonyl (C=O) groups is 1. The molecule has 7 heteroatoms. The number of sulfone groups is 1. The van der Waals surface area contributed by atoms with Gasteiger partial charge in [0.05, 0.1) is 23.4 Å². The van der Waals surface area contributed by atoms with Crippen LogP contribution in [0.1, 0.15) is 28.3 Å². The molecule has 0 bridgehead atoms. The van der Waals surface area contributed by atoms with Crippen molar-refractivity contribution >= 4 is 27.3 Å². The van der Waals surface area contributed by atoms with Gasteiger partial charge in [-0.15, -0.1) is 0 Å². The summed E-state index contributed by atoms with van der Waals surface area (Å²) in [7, 11) is -3.69. The Morgan fingerprint density at radius 1 is 0.933 bits per heavy atom. The third-order valence-electron chi connectivity index (χ3n) is 4.46. The van der Waals surface area contributed by atoms with E-state index >= 15 is 0 Å². The number of rotatable bonds is 7. The summed E-state index contributed by atoms with van der Waals surface area (Å²) in [6.07, 6.45) is 0. The van der Waals surface area contributed by atoms with Crippen molar-refractivity contribution in [1.29, 1.82) is 5.26 Å². The summed E-state index contributed by atoms with van der Waals surface area (Å²) in [5.41, 5.74) is 2.60. The standard InChI is InChI=1S/C23H19ClN2O3S/c24-21-12-10-20(11-13-21)23(19-4-2-1-3-5-19)26-22(27)16-30(28,29)15-18-8-6-17(14-25)7-9-18/h1-13,23H,15-16H2,(H,26,27). The maximum Gasteiger partial charge on any atom is 0.235 e. The Labute approximate surface area is 180 Å². The smallest absolute Gasteiger partial charge is 0.235 e. The maximum absolute atomic E-state index is 12.6. The highest BCUT2D eigenvalue weighted by molar-refractivity contribution is 7.91. The topological polar surface area (TPSA) is 87.0 Å². The number of benzene rings is 3. The Kier molecular flexibility index (Phi) is 6.88. The maximum atomic E-state index is 12.6. The van der Waals surface area contributed by atoms with Crippen molar-refractivity contribution < 1.29 is 13.2 Å². The van der Waals surface area contributed by atoms with Crippen LogP contribution in [-0.4, -0.2) is 20.1 Å². The highest BCUT2D eigenvalue weighted by Crippen LogP contribution is 2.23. The van der Waals surface area contributed by atoms with Gasteiger partial charge in [0.2, 0.25) is 5.91 Å². The van der Waals surface area contributed by atoms with E-state index in [2.05, 4.69) is 5.32 Å². The number of halogens is 1. The highest BCUT2D eigenvalue weighted by atomic mass is 35.5. The third kappa shape index (κ3) is 5.93. The molecule has 3 aromatic carbocycles. The minimum Gasteiger partial charge on any atom is -0.344 e. The average Bonchev–Trinajstić information content (AvgIpc) is 2.73. The van der Waals surface area contributed by atoms with Gasteiger partial charge in [0.15, 0.2) is 9.84 Å². The Bertz CT molecular complexity index is 1150. The molecule has 5 nitrogen and oxygen atoms in total. The summed E-state index contributed by atoms with van der Waals surface area (Å²) in [5, 5.41) is 12.2. The predicted octanol–water partition coefficient (Wildman–Crippen LogP) is 4.03. The van der Waals surface area contributed by atoms with Crippen LogP contribution in [0.15, 0.2) is 78.9 Å². The lowest BCUT2D eigenvalue weighted by molar-refractivity contribution is -0.119. The second-order valence-electron chi connectivity index (χ2n) is 6.80. The fourth-order valence-electron chi connectivity index (χ4n) is 3.04. The van der Waals surface area contributed by atoms with E-state index in [1.54, 1.807) is 48.5 Å². The van der Waals surface area contributed by atoms with Gasteiger partial charge in [-0.1, -0.05) is 66.2 Å². The second kappa shape index (κ2) is 9.57. The van der Waals surface area contributed by atoms with Crippen LogP contribution in [0.2, 0.25) is 5.02 Å². The molecule has 0 saturated heterocycles. The molecule has 0 saturated carbocycles. The lowest BCUT2D eigenvalue weighted by Gasteiger charge is -2.20. The van der Waals surface area contributed by atoms with Crippen molar-refractivity contribution in [3.8, 4) is 6.07 Å². The van der Waals surface area contributed by atoms with Crippen molar-refractivity contribution in [3.63, 3.8) is 0 Å². The Balaban J connectivity index is 1.75. The summed E-state index contributed by atoms with van der Waals surface area (Å²) in [5.74, 6) is -1.50. The fraction of sp³-hybridized carbons (Fsp3) is 0.130. The number of amides is 1. The number of nitrogens with zero attached hydrogens (tertiary/aromatic N) is 1. The molecule has 1 amide bonds. The minimum atomic E-state index is -3.69. The molecule has 30 heavy (non-hydrogen) atoms. The van der Waals surface area contributed by atoms with Crippen molar-refractivity contribution in [2.24, 2.45) is 0 Å². The molecule has 0 aromatic heterocycles. The van der Waals surface area contributed by atoms with Crippen LogP contribution in [0.4, 0.5) is 0 Å². The van der Waals surface area contributed by atoms with Crippen molar-refractivity contribution in [2.45, 2.75) is 11.8 Å². The predicted molar refractivity (Wildman–Crippen MR) is 117 cm³/mol. The first-order valence-corrected chi connectivity index (χ1v) is 11.4. The number of nitrogens with one attached hydrogen (secondary N) is 1. The van der Waals surface area contributed by atoms with Crippen LogP contribution in [-0.2, 0) is 20.4 Å². The second-order valence-corrected chi connectivity index (χ2v) is 9.30. The molecule has 1 unspecified atom stereocenters. The molecule has 0 aliphatic rings. The average molecular weight is 439 g/mol. The lowest BCUT2D eigenvalue weighted by Crippen LogP contribution is -2.34. The molecule has 1 N–H and O–H groups in total. The number of nitriles is 1. The van der Waals surface area contributed by atoms with E-state index in [1.807, 2.05) is 36.4 Å². The van der Waals surface area contributed by atoms with Gasteiger partial charge in [-0.3, -0.25) is 4.79 Å². The van der Waals surface area contributed by atoms with Crippen LogP contribution >= 0.6 is 11.6 Å². The molecule has 3 aromatic rings. The quantitative estimate of drug-likeness (QED) is 0.603. The molecule has 0 heterocycles. The zero-order valence-corrected chi connectivity index (χ0v) is 17.5. The van der Waals surface area contributed by atoms with Gasteiger partial charge in [0.25, 0.3) is 0 Å². The zero-order chi connectivity index (χ0) is 21.6. The SMILES string of the molecule is N#Cc1ccc(CS(=O)(=O)CC(=O)NC(c2ccccc2)c2ccc(Cl)cc2)cc1. The molecule has 0 radical (unpaired) electrons. The summed E-state index contributed by atoms with van der Waals surface area (Å²) in [4.78, 5) is 12.6. The molecular formula is C23H19ClN2O3S. The van der Waals surface area contributed by atoms with E-state index in [4.69, 9.17) is 16.9 Å². The first-order valence-electron chi connectivity index (χ1n) is 9.15. The molecule has 3 rings (SSSR count). The van der Waals surface area contributed by atoms with Gasteiger partial charge < -0.3 is 5.32 Å². The summed E-state index contributed by atoms with van der Waals surface area (Å²) in [6, 6.07) is 24.1. The van der Waals surface area contributed by atoms with Crippen LogP contribution in [0.25, 0.3) is 0 Å². The van der Waals surface area contributed by atoms with Crippen LogP contribution in [0, 0.1) is 11.3 Å². The normalized spacial score (nSPS) is 12.0. The molecule has 1 atom stereocenters. The molecule has 152 valence electrons. The van der Waals surface area contributed by atoms with Crippen molar-refractivity contribution in [1.82, 2.24) is 5.32 Å². The summed E-state index contributed by atoms with van der Waals surface area (Å²) in [6.45, 7) is 0. The minimum absolute atomic E-state index is 0.275. The van der Waals surface area contributed by atoms with E-state index < -0.39 is 27.5 Å². The van der Waals surface area contributed by atoms with Crippen molar-refractivity contribution in [3.05, 3.63) is 106 Å².